The first kappa shape index (κ1) is 18.7. The third-order valence-corrected chi connectivity index (χ3v) is 4.04. The monoisotopic (exact) mass is 341 g/mol. The Labute approximate surface area is 147 Å². The van der Waals surface area contributed by atoms with Gasteiger partial charge in [0.2, 0.25) is 5.91 Å². The third-order valence-electron chi connectivity index (χ3n) is 4.04. The molecule has 1 unspecified atom stereocenters. The number of benzene rings is 2. The Balaban J connectivity index is 2.07. The van der Waals surface area contributed by atoms with Crippen molar-refractivity contribution in [1.82, 2.24) is 5.32 Å². The van der Waals surface area contributed by atoms with Crippen molar-refractivity contribution in [3.8, 4) is 0 Å². The van der Waals surface area contributed by atoms with E-state index < -0.39 is 12.1 Å². The number of aliphatic carboxylic acids is 1. The smallest absolute Gasteiger partial charge is 0.334 e. The Morgan fingerprint density at radius 2 is 1.44 bits per heavy atom. The van der Waals surface area contributed by atoms with Gasteiger partial charge in [-0.2, -0.15) is 0 Å². The lowest BCUT2D eigenvalue weighted by Gasteiger charge is -2.19. The van der Waals surface area contributed by atoms with Gasteiger partial charge in [0, 0.05) is 13.0 Å². The van der Waals surface area contributed by atoms with Gasteiger partial charge in [-0.1, -0.05) is 60.7 Å². The van der Waals surface area contributed by atoms with E-state index in [2.05, 4.69) is 5.32 Å². The van der Waals surface area contributed by atoms with Gasteiger partial charge in [0.05, 0.1) is 6.54 Å². The van der Waals surface area contributed by atoms with E-state index in [4.69, 9.17) is 9.84 Å². The molecule has 0 aliphatic carbocycles. The van der Waals surface area contributed by atoms with Crippen LogP contribution in [0.25, 0.3) is 0 Å². The zero-order chi connectivity index (χ0) is 18.1. The Bertz CT molecular complexity index is 631. The van der Waals surface area contributed by atoms with Crippen LogP contribution >= 0.6 is 0 Å². The SMILES string of the molecule is COC(CNC(=O)C(Cc1ccccc1)Cc1ccccc1)C(=O)O. The van der Waals surface area contributed by atoms with Gasteiger partial charge < -0.3 is 15.2 Å². The maximum Gasteiger partial charge on any atom is 0.334 e. The summed E-state index contributed by atoms with van der Waals surface area (Å²) >= 11 is 0. The number of nitrogens with one attached hydrogen (secondary N) is 1. The fourth-order valence-corrected chi connectivity index (χ4v) is 2.66. The number of amides is 1. The molecule has 25 heavy (non-hydrogen) atoms. The second kappa shape index (κ2) is 9.59. The summed E-state index contributed by atoms with van der Waals surface area (Å²) in [7, 11) is 1.32. The predicted octanol–water partition coefficient (Wildman–Crippen LogP) is 2.30. The molecule has 0 saturated carbocycles. The van der Waals surface area contributed by atoms with Crippen LogP contribution in [-0.2, 0) is 27.2 Å². The average Bonchev–Trinajstić information content (AvgIpc) is 2.63. The fraction of sp³-hybridized carbons (Fsp3) is 0.300. The van der Waals surface area contributed by atoms with Crippen molar-refractivity contribution < 1.29 is 19.4 Å². The zero-order valence-corrected chi connectivity index (χ0v) is 14.2. The van der Waals surface area contributed by atoms with E-state index in [-0.39, 0.29) is 18.4 Å². The maximum absolute atomic E-state index is 12.6. The van der Waals surface area contributed by atoms with Crippen LogP contribution in [0.1, 0.15) is 11.1 Å². The number of methoxy groups -OCH3 is 1. The van der Waals surface area contributed by atoms with E-state index in [1.165, 1.54) is 7.11 Å². The van der Waals surface area contributed by atoms with Gasteiger partial charge >= 0.3 is 5.97 Å². The van der Waals surface area contributed by atoms with E-state index in [1.54, 1.807) is 0 Å². The van der Waals surface area contributed by atoms with E-state index in [1.807, 2.05) is 60.7 Å². The Morgan fingerprint density at radius 3 is 1.84 bits per heavy atom. The lowest BCUT2D eigenvalue weighted by Crippen LogP contribution is -2.41. The van der Waals surface area contributed by atoms with Crippen molar-refractivity contribution in [3.05, 3.63) is 71.8 Å². The fourth-order valence-electron chi connectivity index (χ4n) is 2.66. The topological polar surface area (TPSA) is 75.6 Å². The summed E-state index contributed by atoms with van der Waals surface area (Å²) in [6.45, 7) is -0.0508. The number of carbonyl (C=O) groups excluding carboxylic acids is 1. The highest BCUT2D eigenvalue weighted by Crippen LogP contribution is 2.15. The van der Waals surface area contributed by atoms with Gasteiger partial charge in [0.1, 0.15) is 0 Å². The molecule has 0 aliphatic rings. The number of hydrogen-bond acceptors (Lipinski definition) is 3. The summed E-state index contributed by atoms with van der Waals surface area (Å²) in [6, 6.07) is 19.6. The minimum absolute atomic E-state index is 0.0508. The molecule has 2 aromatic carbocycles. The highest BCUT2D eigenvalue weighted by atomic mass is 16.5. The molecule has 0 spiro atoms. The quantitative estimate of drug-likeness (QED) is 0.734. The van der Waals surface area contributed by atoms with Gasteiger partial charge in [-0.3, -0.25) is 4.79 Å². The van der Waals surface area contributed by atoms with E-state index in [9.17, 15) is 9.59 Å². The summed E-state index contributed by atoms with van der Waals surface area (Å²) in [5.74, 6) is -1.54. The second-order valence-corrected chi connectivity index (χ2v) is 5.88. The van der Waals surface area contributed by atoms with Crippen LogP contribution in [0, 0.1) is 5.92 Å². The predicted molar refractivity (Wildman–Crippen MR) is 95.2 cm³/mol. The molecule has 2 N–H and O–H groups in total. The average molecular weight is 341 g/mol. The molecule has 0 bridgehead atoms. The molecular weight excluding hydrogens is 318 g/mol. The molecule has 0 heterocycles. The molecular formula is C20H23NO4. The Morgan fingerprint density at radius 1 is 0.960 bits per heavy atom. The zero-order valence-electron chi connectivity index (χ0n) is 14.2. The molecule has 5 nitrogen and oxygen atoms in total. The van der Waals surface area contributed by atoms with Crippen LogP contribution in [0.4, 0.5) is 0 Å². The van der Waals surface area contributed by atoms with Crippen LogP contribution in [0.2, 0.25) is 0 Å². The molecule has 0 aromatic heterocycles. The second-order valence-electron chi connectivity index (χ2n) is 5.88. The first-order chi connectivity index (χ1) is 12.1. The van der Waals surface area contributed by atoms with Crippen LogP contribution in [-0.4, -0.2) is 36.7 Å². The van der Waals surface area contributed by atoms with Gasteiger partial charge in [-0.05, 0) is 24.0 Å². The third kappa shape index (κ3) is 6.04. The molecule has 0 saturated heterocycles. The van der Waals surface area contributed by atoms with Crippen molar-refractivity contribution in [2.24, 2.45) is 5.92 Å². The first-order valence-corrected chi connectivity index (χ1v) is 8.21. The maximum atomic E-state index is 12.6. The van der Waals surface area contributed by atoms with Crippen LogP contribution in [0.5, 0.6) is 0 Å². The van der Waals surface area contributed by atoms with Gasteiger partial charge in [-0.15, -0.1) is 0 Å². The molecule has 5 heteroatoms. The van der Waals surface area contributed by atoms with Crippen LogP contribution in [0.3, 0.4) is 0 Å². The lowest BCUT2D eigenvalue weighted by molar-refractivity contribution is -0.148. The molecule has 0 aliphatic heterocycles. The van der Waals surface area contributed by atoms with E-state index in [0.717, 1.165) is 11.1 Å². The summed E-state index contributed by atoms with van der Waals surface area (Å²) < 4.78 is 4.86. The van der Waals surface area contributed by atoms with Crippen LogP contribution in [0.15, 0.2) is 60.7 Å². The van der Waals surface area contributed by atoms with Gasteiger partial charge in [0.25, 0.3) is 0 Å². The standard InChI is InChI=1S/C20H23NO4/c1-25-18(20(23)24)14-21-19(22)17(12-15-8-4-2-5-9-15)13-16-10-6-3-7-11-16/h2-11,17-18H,12-14H2,1H3,(H,21,22)(H,23,24). The van der Waals surface area contributed by atoms with Crippen molar-refractivity contribution in [3.63, 3.8) is 0 Å². The summed E-state index contributed by atoms with van der Waals surface area (Å²) in [4.78, 5) is 23.7. The Hall–Kier alpha value is -2.66. The lowest BCUT2D eigenvalue weighted by atomic mass is 9.91. The molecule has 1 atom stereocenters. The molecule has 2 rings (SSSR count). The number of ether oxygens (including phenoxy) is 1. The minimum Gasteiger partial charge on any atom is -0.479 e. The summed E-state index contributed by atoms with van der Waals surface area (Å²) in [5.41, 5.74) is 2.14. The summed E-state index contributed by atoms with van der Waals surface area (Å²) in [6.07, 6.45) is 0.136. The molecule has 0 radical (unpaired) electrons. The number of rotatable bonds is 9. The van der Waals surface area contributed by atoms with Gasteiger partial charge in [-0.25, -0.2) is 4.79 Å². The number of carboxylic acids is 1. The highest BCUT2D eigenvalue weighted by Gasteiger charge is 2.23. The van der Waals surface area contributed by atoms with Crippen LogP contribution < -0.4 is 5.32 Å². The summed E-state index contributed by atoms with van der Waals surface area (Å²) in [5, 5.41) is 11.7. The highest BCUT2D eigenvalue weighted by molar-refractivity contribution is 5.80. The van der Waals surface area contributed by atoms with E-state index in [0.29, 0.717) is 12.8 Å². The molecule has 2 aromatic rings. The number of carbonyl (C=O) groups is 2. The Kier molecular flexibility index (Phi) is 7.16. The molecule has 132 valence electrons. The molecule has 0 fully saturated rings. The van der Waals surface area contributed by atoms with Crippen molar-refractivity contribution >= 4 is 11.9 Å². The first-order valence-electron chi connectivity index (χ1n) is 8.21. The number of hydrogen-bond donors (Lipinski definition) is 2. The van der Waals surface area contributed by atoms with E-state index >= 15 is 0 Å². The number of carboxylic acid groups (broad SMARTS) is 1. The van der Waals surface area contributed by atoms with Crippen molar-refractivity contribution in [1.29, 1.82) is 0 Å². The van der Waals surface area contributed by atoms with Crippen molar-refractivity contribution in [2.45, 2.75) is 18.9 Å². The largest absolute Gasteiger partial charge is 0.479 e. The van der Waals surface area contributed by atoms with Gasteiger partial charge in [0.15, 0.2) is 6.10 Å². The normalized spacial score (nSPS) is 11.9. The van der Waals surface area contributed by atoms with Crippen molar-refractivity contribution in [2.75, 3.05) is 13.7 Å². The molecule has 1 amide bonds. The minimum atomic E-state index is -1.09.